The van der Waals surface area contributed by atoms with Gasteiger partial charge in [-0.15, -0.1) is 0 Å². The van der Waals surface area contributed by atoms with E-state index < -0.39 is 0 Å². The molecule has 0 radical (unpaired) electrons. The van der Waals surface area contributed by atoms with Crippen LogP contribution in [-0.2, 0) is 0 Å². The largest absolute Gasteiger partial charge is 0.493 e. The number of methoxy groups -OCH3 is 1. The highest BCUT2D eigenvalue weighted by Crippen LogP contribution is 2.40. The molecule has 2 unspecified atom stereocenters. The summed E-state index contributed by atoms with van der Waals surface area (Å²) in [5.74, 6) is 2.55. The van der Waals surface area contributed by atoms with E-state index in [9.17, 15) is 5.11 Å². The third-order valence-corrected chi connectivity index (χ3v) is 6.01. The summed E-state index contributed by atoms with van der Waals surface area (Å²) in [5, 5.41) is 16.0. The molecule has 1 saturated carbocycles. The molecule has 1 aliphatic carbocycles. The van der Waals surface area contributed by atoms with E-state index in [4.69, 9.17) is 20.3 Å². The predicted molar refractivity (Wildman–Crippen MR) is 124 cm³/mol. The van der Waals surface area contributed by atoms with Gasteiger partial charge in [-0.05, 0) is 62.1 Å². The van der Waals surface area contributed by atoms with Gasteiger partial charge in [-0.25, -0.2) is 4.98 Å². The van der Waals surface area contributed by atoms with Crippen molar-refractivity contribution in [2.24, 2.45) is 0 Å². The zero-order chi connectivity index (χ0) is 22.1. The van der Waals surface area contributed by atoms with Crippen molar-refractivity contribution < 1.29 is 14.6 Å². The number of hydrogen-bond donors (Lipinski definition) is 2. The van der Waals surface area contributed by atoms with Gasteiger partial charge in [0.2, 0.25) is 0 Å². The molecule has 7 heteroatoms. The van der Waals surface area contributed by atoms with Crippen molar-refractivity contribution in [3.8, 4) is 28.5 Å². The number of aromatic nitrogens is 3. The molecule has 0 bridgehead atoms. The summed E-state index contributed by atoms with van der Waals surface area (Å²) >= 11 is 0. The SMILES string of the molecule is COc1cnc(N)c2c(-c3ccc(Oc4ccccc4)cc3)nn(C3CCCC(O)C3)c12. The molecule has 32 heavy (non-hydrogen) atoms. The molecule has 164 valence electrons. The molecule has 4 aromatic rings. The minimum Gasteiger partial charge on any atom is -0.493 e. The summed E-state index contributed by atoms with van der Waals surface area (Å²) in [6, 6.07) is 17.5. The molecule has 5 rings (SSSR count). The third-order valence-electron chi connectivity index (χ3n) is 6.01. The van der Waals surface area contributed by atoms with E-state index in [-0.39, 0.29) is 12.1 Å². The van der Waals surface area contributed by atoms with E-state index in [1.165, 1.54) is 0 Å². The quantitative estimate of drug-likeness (QED) is 0.465. The summed E-state index contributed by atoms with van der Waals surface area (Å²) in [4.78, 5) is 4.34. The highest BCUT2D eigenvalue weighted by molar-refractivity contribution is 6.03. The van der Waals surface area contributed by atoms with E-state index in [0.717, 1.165) is 52.9 Å². The van der Waals surface area contributed by atoms with E-state index in [2.05, 4.69) is 4.98 Å². The highest BCUT2D eigenvalue weighted by atomic mass is 16.5. The summed E-state index contributed by atoms with van der Waals surface area (Å²) in [5.41, 5.74) is 8.80. The summed E-state index contributed by atoms with van der Waals surface area (Å²) < 4.78 is 13.5. The van der Waals surface area contributed by atoms with Gasteiger partial charge in [0.05, 0.1) is 30.8 Å². The number of pyridine rings is 1. The van der Waals surface area contributed by atoms with Crippen LogP contribution in [0.15, 0.2) is 60.8 Å². The number of para-hydroxylation sites is 1. The maximum absolute atomic E-state index is 10.2. The van der Waals surface area contributed by atoms with Gasteiger partial charge in [0.25, 0.3) is 0 Å². The predicted octanol–water partition coefficient (Wildman–Crippen LogP) is 4.96. The minimum atomic E-state index is -0.323. The van der Waals surface area contributed by atoms with Crippen LogP contribution in [0.25, 0.3) is 22.2 Å². The molecular formula is C25H26N4O3. The summed E-state index contributed by atoms with van der Waals surface area (Å²) in [7, 11) is 1.62. The molecule has 7 nitrogen and oxygen atoms in total. The Morgan fingerprint density at radius 2 is 1.78 bits per heavy atom. The van der Waals surface area contributed by atoms with Crippen LogP contribution in [0.3, 0.4) is 0 Å². The Balaban J connectivity index is 1.58. The van der Waals surface area contributed by atoms with Crippen LogP contribution in [0.5, 0.6) is 17.2 Å². The number of nitrogens with zero attached hydrogens (tertiary/aromatic N) is 3. The topological polar surface area (TPSA) is 95.4 Å². The van der Waals surface area contributed by atoms with Crippen LogP contribution in [-0.4, -0.2) is 33.1 Å². The molecule has 0 amide bonds. The Bertz CT molecular complexity index is 1220. The first-order chi connectivity index (χ1) is 15.6. The molecule has 1 aliphatic rings. The average Bonchev–Trinajstić information content (AvgIpc) is 3.22. The lowest BCUT2D eigenvalue weighted by Gasteiger charge is -2.27. The van der Waals surface area contributed by atoms with Crippen molar-refractivity contribution in [1.29, 1.82) is 0 Å². The van der Waals surface area contributed by atoms with Gasteiger partial charge in [-0.1, -0.05) is 18.2 Å². The second-order valence-corrected chi connectivity index (χ2v) is 8.14. The van der Waals surface area contributed by atoms with Crippen molar-refractivity contribution in [1.82, 2.24) is 14.8 Å². The summed E-state index contributed by atoms with van der Waals surface area (Å²) in [6.07, 6.45) is 4.70. The van der Waals surface area contributed by atoms with Gasteiger partial charge in [-0.2, -0.15) is 5.10 Å². The van der Waals surface area contributed by atoms with Crippen molar-refractivity contribution in [2.75, 3.05) is 12.8 Å². The molecule has 0 aliphatic heterocycles. The number of anilines is 1. The number of aliphatic hydroxyl groups excluding tert-OH is 1. The van der Waals surface area contributed by atoms with Gasteiger partial charge >= 0.3 is 0 Å². The van der Waals surface area contributed by atoms with Gasteiger partial charge < -0.3 is 20.3 Å². The van der Waals surface area contributed by atoms with Crippen LogP contribution in [0.2, 0.25) is 0 Å². The fourth-order valence-electron chi connectivity index (χ4n) is 4.45. The molecule has 2 aromatic heterocycles. The molecular weight excluding hydrogens is 404 g/mol. The summed E-state index contributed by atoms with van der Waals surface area (Å²) in [6.45, 7) is 0. The lowest BCUT2D eigenvalue weighted by molar-refractivity contribution is 0.101. The number of nitrogens with two attached hydrogens (primary N) is 1. The van der Waals surface area contributed by atoms with Gasteiger partial charge in [0.1, 0.15) is 28.5 Å². The Morgan fingerprint density at radius 3 is 2.50 bits per heavy atom. The Labute approximate surface area is 186 Å². The number of nitrogen functional groups attached to an aromatic ring is 1. The fourth-order valence-corrected chi connectivity index (χ4v) is 4.45. The van der Waals surface area contributed by atoms with E-state index in [0.29, 0.717) is 18.0 Å². The zero-order valence-corrected chi connectivity index (χ0v) is 17.9. The third kappa shape index (κ3) is 3.76. The monoisotopic (exact) mass is 430 g/mol. The molecule has 0 spiro atoms. The number of fused-ring (bicyclic) bond motifs is 1. The maximum Gasteiger partial charge on any atom is 0.163 e. The standard InChI is InChI=1S/C25H26N4O3/c1-31-21-15-27-25(26)22-23(28-29(24(21)22)17-6-5-7-18(30)14-17)16-10-12-20(13-11-16)32-19-8-3-2-4-9-19/h2-4,8-13,15,17-18,30H,5-7,14H2,1H3,(H2,26,27). The van der Waals surface area contributed by atoms with E-state index in [1.54, 1.807) is 13.3 Å². The van der Waals surface area contributed by atoms with Gasteiger partial charge in [-0.3, -0.25) is 4.68 Å². The van der Waals surface area contributed by atoms with Crippen LogP contribution >= 0.6 is 0 Å². The lowest BCUT2D eigenvalue weighted by atomic mass is 9.93. The molecule has 2 atom stereocenters. The molecule has 0 saturated heterocycles. The smallest absolute Gasteiger partial charge is 0.163 e. The number of benzene rings is 2. The van der Waals surface area contributed by atoms with Crippen molar-refractivity contribution >= 4 is 16.7 Å². The van der Waals surface area contributed by atoms with Crippen molar-refractivity contribution in [2.45, 2.75) is 37.8 Å². The van der Waals surface area contributed by atoms with Gasteiger partial charge in [0, 0.05) is 5.56 Å². The maximum atomic E-state index is 10.2. The number of ether oxygens (including phenoxy) is 2. The second kappa shape index (κ2) is 8.51. The molecule has 1 fully saturated rings. The highest BCUT2D eigenvalue weighted by Gasteiger charge is 2.28. The minimum absolute atomic E-state index is 0.0754. The average molecular weight is 431 g/mol. The number of hydrogen-bond acceptors (Lipinski definition) is 6. The van der Waals surface area contributed by atoms with Crippen LogP contribution in [0, 0.1) is 0 Å². The van der Waals surface area contributed by atoms with Crippen molar-refractivity contribution in [3.63, 3.8) is 0 Å². The molecule has 2 heterocycles. The number of rotatable bonds is 5. The number of aliphatic hydroxyl groups is 1. The van der Waals surface area contributed by atoms with Crippen LogP contribution in [0.1, 0.15) is 31.7 Å². The zero-order valence-electron chi connectivity index (χ0n) is 17.9. The Kier molecular flexibility index (Phi) is 5.41. The lowest BCUT2D eigenvalue weighted by Crippen LogP contribution is -2.23. The van der Waals surface area contributed by atoms with Gasteiger partial charge in [0.15, 0.2) is 5.75 Å². The Morgan fingerprint density at radius 1 is 1.03 bits per heavy atom. The first kappa shape index (κ1) is 20.3. The van der Waals surface area contributed by atoms with Crippen LogP contribution in [0.4, 0.5) is 5.82 Å². The Hall–Kier alpha value is -3.58. The first-order valence-corrected chi connectivity index (χ1v) is 10.9. The fraction of sp³-hybridized carbons (Fsp3) is 0.280. The second-order valence-electron chi connectivity index (χ2n) is 8.14. The van der Waals surface area contributed by atoms with Crippen molar-refractivity contribution in [3.05, 3.63) is 60.8 Å². The normalized spacial score (nSPS) is 18.6. The van der Waals surface area contributed by atoms with E-state index >= 15 is 0 Å². The van der Waals surface area contributed by atoms with E-state index in [1.807, 2.05) is 59.3 Å². The molecule has 3 N–H and O–H groups in total. The van der Waals surface area contributed by atoms with Crippen LogP contribution < -0.4 is 15.2 Å². The molecule has 2 aromatic carbocycles. The first-order valence-electron chi connectivity index (χ1n) is 10.9.